The average Bonchev–Trinajstić information content (AvgIpc) is 3.16. The number of para-hydroxylation sites is 2. The van der Waals surface area contributed by atoms with Crippen LogP contribution in [0, 0.1) is 5.92 Å². The lowest BCUT2D eigenvalue weighted by Gasteiger charge is -2.23. The number of aromatic amines is 1. The molecular formula is C23H29N3O3. The third-order valence-electron chi connectivity index (χ3n) is 5.01. The van der Waals surface area contributed by atoms with Gasteiger partial charge < -0.3 is 19.8 Å². The summed E-state index contributed by atoms with van der Waals surface area (Å²) < 4.78 is 11.2. The molecule has 0 fully saturated rings. The third-order valence-corrected chi connectivity index (χ3v) is 5.01. The van der Waals surface area contributed by atoms with E-state index in [9.17, 15) is 4.79 Å². The average molecular weight is 396 g/mol. The van der Waals surface area contributed by atoms with Gasteiger partial charge in [-0.2, -0.15) is 0 Å². The van der Waals surface area contributed by atoms with Gasteiger partial charge in [-0.05, 0) is 50.1 Å². The van der Waals surface area contributed by atoms with Gasteiger partial charge in [-0.1, -0.05) is 32.4 Å². The smallest absolute Gasteiger partial charge is 0.252 e. The highest BCUT2D eigenvalue weighted by atomic mass is 16.5. The lowest BCUT2D eigenvalue weighted by molar-refractivity contribution is 0.0920. The predicted octanol–water partition coefficient (Wildman–Crippen LogP) is 4.88. The van der Waals surface area contributed by atoms with Crippen LogP contribution in [0.4, 0.5) is 0 Å². The maximum absolute atomic E-state index is 13.0. The minimum absolute atomic E-state index is 0.167. The summed E-state index contributed by atoms with van der Waals surface area (Å²) in [5, 5.41) is 3.15. The van der Waals surface area contributed by atoms with Gasteiger partial charge in [0, 0.05) is 5.56 Å². The number of hydrogen-bond donors (Lipinski definition) is 2. The molecule has 2 unspecified atom stereocenters. The number of amides is 1. The third kappa shape index (κ3) is 4.70. The molecule has 154 valence electrons. The van der Waals surface area contributed by atoms with E-state index in [1.165, 1.54) is 0 Å². The van der Waals surface area contributed by atoms with Gasteiger partial charge in [0.15, 0.2) is 11.5 Å². The molecule has 2 N–H and O–H groups in total. The monoisotopic (exact) mass is 395 g/mol. The van der Waals surface area contributed by atoms with E-state index in [1.807, 2.05) is 38.1 Å². The largest absolute Gasteiger partial charge is 0.490 e. The van der Waals surface area contributed by atoms with Crippen molar-refractivity contribution in [2.75, 3.05) is 13.2 Å². The summed E-state index contributed by atoms with van der Waals surface area (Å²) in [6.45, 7) is 9.08. The Balaban J connectivity index is 1.87. The highest BCUT2D eigenvalue weighted by Crippen LogP contribution is 2.30. The molecule has 0 radical (unpaired) electrons. The van der Waals surface area contributed by atoms with Gasteiger partial charge in [-0.3, -0.25) is 4.79 Å². The van der Waals surface area contributed by atoms with E-state index in [0.717, 1.165) is 23.3 Å². The predicted molar refractivity (Wildman–Crippen MR) is 115 cm³/mol. The maximum atomic E-state index is 13.0. The normalized spacial score (nSPS) is 13.1. The van der Waals surface area contributed by atoms with E-state index in [2.05, 4.69) is 24.1 Å². The molecule has 3 aromatic rings. The van der Waals surface area contributed by atoms with Crippen LogP contribution in [0.25, 0.3) is 11.0 Å². The molecule has 0 saturated carbocycles. The summed E-state index contributed by atoms with van der Waals surface area (Å²) in [4.78, 5) is 21.1. The Morgan fingerprint density at radius 3 is 2.48 bits per heavy atom. The van der Waals surface area contributed by atoms with Crippen LogP contribution in [0.2, 0.25) is 0 Å². The number of benzene rings is 2. The zero-order valence-electron chi connectivity index (χ0n) is 17.5. The summed E-state index contributed by atoms with van der Waals surface area (Å²) in [6, 6.07) is 12.9. The first-order valence-corrected chi connectivity index (χ1v) is 10.2. The zero-order valence-corrected chi connectivity index (χ0v) is 17.5. The van der Waals surface area contributed by atoms with Crippen molar-refractivity contribution in [3.05, 3.63) is 53.9 Å². The lowest BCUT2D eigenvalue weighted by Crippen LogP contribution is -2.33. The van der Waals surface area contributed by atoms with Crippen molar-refractivity contribution in [3.63, 3.8) is 0 Å². The molecular weight excluding hydrogens is 366 g/mol. The Morgan fingerprint density at radius 2 is 1.79 bits per heavy atom. The Bertz CT molecular complexity index is 934. The van der Waals surface area contributed by atoms with Crippen molar-refractivity contribution in [1.82, 2.24) is 15.3 Å². The first-order chi connectivity index (χ1) is 14.1. The number of hydrogen-bond acceptors (Lipinski definition) is 4. The molecule has 2 aromatic carbocycles. The Kier molecular flexibility index (Phi) is 6.75. The first kappa shape index (κ1) is 20.7. The van der Waals surface area contributed by atoms with Crippen LogP contribution in [-0.2, 0) is 0 Å². The molecule has 0 saturated heterocycles. The molecule has 0 spiro atoms. The SMILES string of the molecule is CCOc1ccc(C(=O)NC(c2nc3ccccc3[nH]2)C(C)CC)cc1OCC. The van der Waals surface area contributed by atoms with E-state index >= 15 is 0 Å². The summed E-state index contributed by atoms with van der Waals surface area (Å²) in [7, 11) is 0. The molecule has 0 aliphatic rings. The van der Waals surface area contributed by atoms with Crippen LogP contribution in [0.3, 0.4) is 0 Å². The summed E-state index contributed by atoms with van der Waals surface area (Å²) >= 11 is 0. The van der Waals surface area contributed by atoms with E-state index in [4.69, 9.17) is 14.5 Å². The van der Waals surface area contributed by atoms with Gasteiger partial charge in [0.05, 0.1) is 30.3 Å². The highest BCUT2D eigenvalue weighted by molar-refractivity contribution is 5.95. The van der Waals surface area contributed by atoms with Crippen molar-refractivity contribution in [3.8, 4) is 11.5 Å². The fraction of sp³-hybridized carbons (Fsp3) is 0.391. The number of H-pyrrole nitrogens is 1. The van der Waals surface area contributed by atoms with Gasteiger partial charge >= 0.3 is 0 Å². The minimum Gasteiger partial charge on any atom is -0.490 e. The van der Waals surface area contributed by atoms with Gasteiger partial charge in [-0.25, -0.2) is 4.98 Å². The fourth-order valence-electron chi connectivity index (χ4n) is 3.25. The number of carbonyl (C=O) groups is 1. The van der Waals surface area contributed by atoms with Crippen LogP contribution in [0.5, 0.6) is 11.5 Å². The number of nitrogens with one attached hydrogen (secondary N) is 2. The fourth-order valence-corrected chi connectivity index (χ4v) is 3.25. The van der Waals surface area contributed by atoms with Gasteiger partial charge in [0.1, 0.15) is 5.82 Å². The molecule has 1 aromatic heterocycles. The first-order valence-electron chi connectivity index (χ1n) is 10.2. The molecule has 0 aliphatic heterocycles. The Hall–Kier alpha value is -3.02. The van der Waals surface area contributed by atoms with Gasteiger partial charge in [-0.15, -0.1) is 0 Å². The number of nitrogens with zero attached hydrogens (tertiary/aromatic N) is 1. The van der Waals surface area contributed by atoms with E-state index in [0.29, 0.717) is 30.3 Å². The molecule has 29 heavy (non-hydrogen) atoms. The molecule has 1 amide bonds. The zero-order chi connectivity index (χ0) is 20.8. The van der Waals surface area contributed by atoms with E-state index in [1.54, 1.807) is 18.2 Å². The molecule has 6 heteroatoms. The number of fused-ring (bicyclic) bond motifs is 1. The summed E-state index contributed by atoms with van der Waals surface area (Å²) in [5.74, 6) is 2.03. The highest BCUT2D eigenvalue weighted by Gasteiger charge is 2.24. The van der Waals surface area contributed by atoms with Gasteiger partial charge in [0.25, 0.3) is 5.91 Å². The molecule has 0 bridgehead atoms. The van der Waals surface area contributed by atoms with Crippen molar-refractivity contribution >= 4 is 16.9 Å². The van der Waals surface area contributed by atoms with Crippen LogP contribution >= 0.6 is 0 Å². The van der Waals surface area contributed by atoms with Crippen LogP contribution in [-0.4, -0.2) is 29.1 Å². The number of carbonyl (C=O) groups excluding carboxylic acids is 1. The topological polar surface area (TPSA) is 76.2 Å². The summed E-state index contributed by atoms with van der Waals surface area (Å²) in [6.07, 6.45) is 0.912. The van der Waals surface area contributed by atoms with Crippen LogP contribution in [0.1, 0.15) is 56.3 Å². The Labute approximate surface area is 171 Å². The van der Waals surface area contributed by atoms with Crippen molar-refractivity contribution in [1.29, 1.82) is 0 Å². The standard InChI is InChI=1S/C23H29N3O3/c1-5-15(4)21(22-24-17-10-8-9-11-18(17)25-22)26-23(27)16-12-13-19(28-6-2)20(14-16)29-7-3/h8-15,21H,5-7H2,1-4H3,(H,24,25)(H,26,27). The van der Waals surface area contributed by atoms with Crippen molar-refractivity contribution in [2.45, 2.75) is 40.2 Å². The van der Waals surface area contributed by atoms with Crippen molar-refractivity contribution in [2.24, 2.45) is 5.92 Å². The van der Waals surface area contributed by atoms with Crippen LogP contribution in [0.15, 0.2) is 42.5 Å². The second-order valence-corrected chi connectivity index (χ2v) is 7.00. The number of aromatic nitrogens is 2. The minimum atomic E-state index is -0.220. The molecule has 1 heterocycles. The molecule has 3 rings (SSSR count). The second kappa shape index (κ2) is 9.45. The second-order valence-electron chi connectivity index (χ2n) is 7.00. The Morgan fingerprint density at radius 1 is 1.07 bits per heavy atom. The number of imidazole rings is 1. The van der Waals surface area contributed by atoms with Gasteiger partial charge in [0.2, 0.25) is 0 Å². The van der Waals surface area contributed by atoms with Crippen molar-refractivity contribution < 1.29 is 14.3 Å². The summed E-state index contributed by atoms with van der Waals surface area (Å²) in [5.41, 5.74) is 2.39. The maximum Gasteiger partial charge on any atom is 0.252 e. The molecule has 0 aliphatic carbocycles. The van der Waals surface area contributed by atoms with Crippen LogP contribution < -0.4 is 14.8 Å². The quantitative estimate of drug-likeness (QED) is 0.541. The van der Waals surface area contributed by atoms with E-state index in [-0.39, 0.29) is 17.9 Å². The molecule has 6 nitrogen and oxygen atoms in total. The van der Waals surface area contributed by atoms with E-state index < -0.39 is 0 Å². The number of rotatable bonds is 9. The molecule has 2 atom stereocenters. The lowest BCUT2D eigenvalue weighted by atomic mass is 9.98. The number of ether oxygens (including phenoxy) is 2.